The van der Waals surface area contributed by atoms with Crippen molar-refractivity contribution in [2.75, 3.05) is 0 Å². The standard InChI is InChI=1S/C13H20N4O3/c1-10(17-9-14-8-15-17)11(18)16-13(12(19)20)6-4-2-3-5-7-13/h8-10H,2-7H2,1H3,(H,16,18)(H,19,20). The molecule has 1 fully saturated rings. The van der Waals surface area contributed by atoms with E-state index >= 15 is 0 Å². The molecule has 1 heterocycles. The number of aliphatic carboxylic acids is 1. The van der Waals surface area contributed by atoms with Crippen LogP contribution in [0.25, 0.3) is 0 Å². The number of aromatic nitrogens is 3. The maximum Gasteiger partial charge on any atom is 0.329 e. The summed E-state index contributed by atoms with van der Waals surface area (Å²) in [6, 6.07) is -0.572. The smallest absolute Gasteiger partial charge is 0.329 e. The van der Waals surface area contributed by atoms with E-state index in [9.17, 15) is 14.7 Å². The lowest BCUT2D eigenvalue weighted by Crippen LogP contribution is -2.55. The number of hydrogen-bond acceptors (Lipinski definition) is 4. The first kappa shape index (κ1) is 14.5. The summed E-state index contributed by atoms with van der Waals surface area (Å²) in [5.41, 5.74) is -1.14. The highest BCUT2D eigenvalue weighted by Gasteiger charge is 2.41. The lowest BCUT2D eigenvalue weighted by molar-refractivity contribution is -0.149. The fourth-order valence-electron chi connectivity index (χ4n) is 2.60. The average molecular weight is 280 g/mol. The number of nitrogens with zero attached hydrogens (tertiary/aromatic N) is 3. The van der Waals surface area contributed by atoms with Crippen molar-refractivity contribution >= 4 is 11.9 Å². The quantitative estimate of drug-likeness (QED) is 0.806. The third-order valence-corrected chi connectivity index (χ3v) is 3.94. The molecule has 0 spiro atoms. The molecule has 1 aromatic rings. The number of carbonyl (C=O) groups excluding carboxylic acids is 1. The number of carbonyl (C=O) groups is 2. The zero-order valence-corrected chi connectivity index (χ0v) is 11.6. The molecule has 0 radical (unpaired) electrons. The molecule has 0 aromatic carbocycles. The van der Waals surface area contributed by atoms with E-state index in [0.717, 1.165) is 25.7 Å². The molecule has 1 amide bonds. The summed E-state index contributed by atoms with van der Waals surface area (Å²) in [5, 5.41) is 16.2. The number of hydrogen-bond donors (Lipinski definition) is 2. The highest BCUT2D eigenvalue weighted by atomic mass is 16.4. The second kappa shape index (κ2) is 6.02. The molecule has 1 saturated carbocycles. The summed E-state index contributed by atoms with van der Waals surface area (Å²) in [4.78, 5) is 27.7. The molecule has 2 rings (SSSR count). The maximum absolute atomic E-state index is 12.3. The van der Waals surface area contributed by atoms with Crippen molar-refractivity contribution in [1.29, 1.82) is 0 Å². The van der Waals surface area contributed by atoms with E-state index in [-0.39, 0.29) is 5.91 Å². The van der Waals surface area contributed by atoms with Crippen LogP contribution < -0.4 is 5.32 Å². The van der Waals surface area contributed by atoms with Gasteiger partial charge in [-0.3, -0.25) is 4.79 Å². The van der Waals surface area contributed by atoms with Crippen LogP contribution in [0, 0.1) is 0 Å². The molecule has 110 valence electrons. The Morgan fingerprint density at radius 2 is 1.95 bits per heavy atom. The van der Waals surface area contributed by atoms with Gasteiger partial charge in [-0.25, -0.2) is 14.5 Å². The topological polar surface area (TPSA) is 97.1 Å². The summed E-state index contributed by atoms with van der Waals surface area (Å²) < 4.78 is 1.42. The first-order chi connectivity index (χ1) is 9.55. The number of carboxylic acids is 1. The van der Waals surface area contributed by atoms with Crippen LogP contribution in [0.3, 0.4) is 0 Å². The molecule has 7 nitrogen and oxygen atoms in total. The Hall–Kier alpha value is -1.92. The lowest BCUT2D eigenvalue weighted by atomic mass is 9.90. The van der Waals surface area contributed by atoms with Gasteiger partial charge in [0.15, 0.2) is 0 Å². The summed E-state index contributed by atoms with van der Waals surface area (Å²) in [5.74, 6) is -1.28. The van der Waals surface area contributed by atoms with E-state index in [1.807, 2.05) is 0 Å². The van der Waals surface area contributed by atoms with Gasteiger partial charge < -0.3 is 10.4 Å². The van der Waals surface area contributed by atoms with Gasteiger partial charge >= 0.3 is 5.97 Å². The van der Waals surface area contributed by atoms with Crippen molar-refractivity contribution in [1.82, 2.24) is 20.1 Å². The summed E-state index contributed by atoms with van der Waals surface area (Å²) in [6.07, 6.45) is 7.45. The Bertz CT molecular complexity index is 464. The predicted molar refractivity (Wildman–Crippen MR) is 70.9 cm³/mol. The van der Waals surface area contributed by atoms with Gasteiger partial charge in [0.1, 0.15) is 24.2 Å². The molecule has 0 aliphatic heterocycles. The minimum absolute atomic E-state index is 0.334. The second-order valence-corrected chi connectivity index (χ2v) is 5.34. The summed E-state index contributed by atoms with van der Waals surface area (Å²) in [6.45, 7) is 1.68. The summed E-state index contributed by atoms with van der Waals surface area (Å²) in [7, 11) is 0. The van der Waals surface area contributed by atoms with E-state index in [0.29, 0.717) is 12.8 Å². The van der Waals surface area contributed by atoms with Crippen LogP contribution in [0.5, 0.6) is 0 Å². The van der Waals surface area contributed by atoms with Crippen LogP contribution >= 0.6 is 0 Å². The fourth-order valence-corrected chi connectivity index (χ4v) is 2.60. The Labute approximate surface area is 117 Å². The third kappa shape index (κ3) is 2.97. The largest absolute Gasteiger partial charge is 0.480 e. The molecule has 1 atom stereocenters. The van der Waals surface area contributed by atoms with Crippen molar-refractivity contribution < 1.29 is 14.7 Å². The molecule has 1 aliphatic rings. The molecule has 0 saturated heterocycles. The molecular formula is C13H20N4O3. The first-order valence-electron chi connectivity index (χ1n) is 6.95. The van der Waals surface area contributed by atoms with Crippen LogP contribution in [0.15, 0.2) is 12.7 Å². The molecule has 1 aromatic heterocycles. The molecule has 1 unspecified atom stereocenters. The van der Waals surface area contributed by atoms with Crippen LogP contribution in [0.1, 0.15) is 51.5 Å². The minimum atomic E-state index is -1.14. The molecular weight excluding hydrogens is 260 g/mol. The number of amides is 1. The zero-order chi connectivity index (χ0) is 14.6. The van der Waals surface area contributed by atoms with Gasteiger partial charge in [0.05, 0.1) is 0 Å². The van der Waals surface area contributed by atoms with Crippen molar-refractivity contribution in [2.45, 2.75) is 57.0 Å². The fraction of sp³-hybridized carbons (Fsp3) is 0.692. The Kier molecular flexibility index (Phi) is 4.36. The van der Waals surface area contributed by atoms with Crippen molar-refractivity contribution in [3.63, 3.8) is 0 Å². The summed E-state index contributed by atoms with van der Waals surface area (Å²) >= 11 is 0. The van der Waals surface area contributed by atoms with Crippen molar-refractivity contribution in [3.8, 4) is 0 Å². The molecule has 7 heteroatoms. The normalized spacial score (nSPS) is 19.9. The molecule has 1 aliphatic carbocycles. The first-order valence-corrected chi connectivity index (χ1v) is 6.95. The van der Waals surface area contributed by atoms with Crippen LogP contribution in [-0.2, 0) is 9.59 Å². The molecule has 2 N–H and O–H groups in total. The Balaban J connectivity index is 2.11. The van der Waals surface area contributed by atoms with Crippen LogP contribution in [0.4, 0.5) is 0 Å². The van der Waals surface area contributed by atoms with Gasteiger partial charge in [-0.2, -0.15) is 5.10 Å². The maximum atomic E-state index is 12.3. The van der Waals surface area contributed by atoms with Gasteiger partial charge in [0.25, 0.3) is 0 Å². The second-order valence-electron chi connectivity index (χ2n) is 5.34. The van der Waals surface area contributed by atoms with E-state index < -0.39 is 17.6 Å². The van der Waals surface area contributed by atoms with Gasteiger partial charge in [-0.05, 0) is 19.8 Å². The van der Waals surface area contributed by atoms with Crippen molar-refractivity contribution in [2.24, 2.45) is 0 Å². The van der Waals surface area contributed by atoms with Gasteiger partial charge in [0.2, 0.25) is 5.91 Å². The van der Waals surface area contributed by atoms with E-state index in [2.05, 4.69) is 15.4 Å². The monoisotopic (exact) mass is 280 g/mol. The molecule has 20 heavy (non-hydrogen) atoms. The Morgan fingerprint density at radius 3 is 2.45 bits per heavy atom. The highest BCUT2D eigenvalue weighted by Crippen LogP contribution is 2.28. The van der Waals surface area contributed by atoms with Gasteiger partial charge in [-0.1, -0.05) is 25.7 Å². The SMILES string of the molecule is CC(C(=O)NC1(C(=O)O)CCCCCC1)n1cncn1. The van der Waals surface area contributed by atoms with E-state index in [1.54, 1.807) is 6.92 Å². The predicted octanol–water partition coefficient (Wildman–Crippen LogP) is 1.13. The number of carboxylic acid groups (broad SMARTS) is 1. The van der Waals surface area contributed by atoms with E-state index in [4.69, 9.17) is 0 Å². The average Bonchev–Trinajstić information content (AvgIpc) is 2.85. The van der Waals surface area contributed by atoms with Crippen molar-refractivity contribution in [3.05, 3.63) is 12.7 Å². The molecule has 0 bridgehead atoms. The Morgan fingerprint density at radius 1 is 1.30 bits per heavy atom. The highest BCUT2D eigenvalue weighted by molar-refractivity contribution is 5.88. The van der Waals surface area contributed by atoms with Gasteiger partial charge in [-0.15, -0.1) is 0 Å². The number of rotatable bonds is 4. The lowest BCUT2D eigenvalue weighted by Gasteiger charge is -2.30. The third-order valence-electron chi connectivity index (χ3n) is 3.94. The van der Waals surface area contributed by atoms with Gasteiger partial charge in [0, 0.05) is 0 Å². The number of nitrogens with one attached hydrogen (secondary N) is 1. The van der Waals surface area contributed by atoms with Crippen LogP contribution in [0.2, 0.25) is 0 Å². The zero-order valence-electron chi connectivity index (χ0n) is 11.6. The minimum Gasteiger partial charge on any atom is -0.480 e. The van der Waals surface area contributed by atoms with Crippen LogP contribution in [-0.4, -0.2) is 37.3 Å². The van der Waals surface area contributed by atoms with E-state index in [1.165, 1.54) is 17.3 Å².